The van der Waals surface area contributed by atoms with E-state index in [9.17, 15) is 0 Å². The Bertz CT molecular complexity index is 1200. The van der Waals surface area contributed by atoms with Crippen LogP contribution in [0.2, 0.25) is 0 Å². The number of hydrogen-bond donors (Lipinski definition) is 0. The van der Waals surface area contributed by atoms with Gasteiger partial charge in [0.25, 0.3) is 0 Å². The number of fused-ring (bicyclic) bond motifs is 5. The molecule has 0 aromatic rings. The topological polar surface area (TPSA) is 36.9 Å². The zero-order chi connectivity index (χ0) is 40.5. The summed E-state index contributed by atoms with van der Waals surface area (Å²) in [5.74, 6) is 7.17. The van der Waals surface area contributed by atoms with Gasteiger partial charge in [0.1, 0.15) is 0 Å². The molecule has 0 heterocycles. The minimum Gasteiger partial charge on any atom is -0.379 e. The lowest BCUT2D eigenvalue weighted by Gasteiger charge is -2.50. The van der Waals surface area contributed by atoms with Gasteiger partial charge in [0.15, 0.2) is 0 Å². The highest BCUT2D eigenvalue weighted by atomic mass is 16.6. The maximum Gasteiger partial charge on any atom is 0.0818 e. The van der Waals surface area contributed by atoms with E-state index in [0.29, 0.717) is 45.1 Å². The van der Waals surface area contributed by atoms with Gasteiger partial charge in [0, 0.05) is 6.61 Å². The molecule has 0 saturated heterocycles. The van der Waals surface area contributed by atoms with Crippen LogP contribution in [0.25, 0.3) is 0 Å². The van der Waals surface area contributed by atoms with Crippen molar-refractivity contribution in [3.05, 3.63) is 60.3 Å². The van der Waals surface area contributed by atoms with Crippen LogP contribution < -0.4 is 0 Å². The van der Waals surface area contributed by atoms with Crippen LogP contribution in [0.4, 0.5) is 0 Å². The van der Waals surface area contributed by atoms with E-state index in [1.165, 1.54) is 135 Å². The number of hydrogen-bond acceptors (Lipinski definition) is 4. The summed E-state index contributed by atoms with van der Waals surface area (Å²) in [5.41, 5.74) is 1.75. The molecule has 0 bridgehead atoms. The van der Waals surface area contributed by atoms with Crippen LogP contribution in [0.15, 0.2) is 60.3 Å². The minimum atomic E-state index is 0.102. The van der Waals surface area contributed by atoms with Crippen LogP contribution in [0, 0.1) is 47.3 Å². The molecule has 5 aliphatic carbocycles. The normalized spacial score (nSPS) is 27.5. The summed E-state index contributed by atoms with van der Waals surface area (Å²) in [5, 5.41) is 0. The highest BCUT2D eigenvalue weighted by Gasteiger charge is 2.49. The van der Waals surface area contributed by atoms with Gasteiger partial charge in [0.05, 0.1) is 45.2 Å². The fourth-order valence-corrected chi connectivity index (χ4v) is 11.6. The molecule has 0 radical (unpaired) electrons. The number of allylic oxidation sites excluding steroid dienone is 9. The first-order valence-electron chi connectivity index (χ1n) is 25.3. The lowest BCUT2D eigenvalue weighted by atomic mass is 9.56. The summed E-state index contributed by atoms with van der Waals surface area (Å²) in [4.78, 5) is 0. The van der Waals surface area contributed by atoms with Crippen LogP contribution in [0.1, 0.15) is 181 Å². The van der Waals surface area contributed by atoms with E-state index in [1.807, 2.05) is 0 Å². The zero-order valence-electron chi connectivity index (χ0n) is 38.0. The van der Waals surface area contributed by atoms with Gasteiger partial charge in [-0.15, -0.1) is 0 Å². The summed E-state index contributed by atoms with van der Waals surface area (Å²) in [6.07, 6.45) is 54.6. The van der Waals surface area contributed by atoms with E-state index in [4.69, 9.17) is 18.9 Å². The second-order valence-electron chi connectivity index (χ2n) is 19.6. The third-order valence-electron chi connectivity index (χ3n) is 14.8. The molecule has 6 unspecified atom stereocenters. The Morgan fingerprint density at radius 1 is 0.655 bits per heavy atom. The first-order chi connectivity index (χ1) is 28.6. The van der Waals surface area contributed by atoms with E-state index in [-0.39, 0.29) is 6.10 Å². The fraction of sp³-hybridized carbons (Fsp3) is 0.815. The van der Waals surface area contributed by atoms with Gasteiger partial charge in [-0.3, -0.25) is 0 Å². The van der Waals surface area contributed by atoms with Gasteiger partial charge in [0.2, 0.25) is 0 Å². The summed E-state index contributed by atoms with van der Waals surface area (Å²) in [6.45, 7) is 11.1. The monoisotopic (exact) mass is 803 g/mol. The van der Waals surface area contributed by atoms with Gasteiger partial charge in [-0.2, -0.15) is 0 Å². The quantitative estimate of drug-likeness (QED) is 0.0501. The predicted molar refractivity (Wildman–Crippen MR) is 246 cm³/mol. The summed E-state index contributed by atoms with van der Waals surface area (Å²) >= 11 is 0. The highest BCUT2D eigenvalue weighted by Crippen LogP contribution is 2.58. The molecular weight excluding hydrogens is 713 g/mol. The third-order valence-corrected chi connectivity index (χ3v) is 14.8. The third kappa shape index (κ3) is 17.5. The van der Waals surface area contributed by atoms with E-state index >= 15 is 0 Å². The molecule has 0 aromatic heterocycles. The lowest BCUT2D eigenvalue weighted by molar-refractivity contribution is -0.0564. The number of ether oxygens (including phenoxy) is 4. The van der Waals surface area contributed by atoms with Gasteiger partial charge in [-0.25, -0.2) is 0 Å². The minimum absolute atomic E-state index is 0.102. The molecule has 3 saturated carbocycles. The average Bonchev–Trinajstić information content (AvgIpc) is 3.91. The second-order valence-corrected chi connectivity index (χ2v) is 19.6. The molecular formula is C54H90O4. The van der Waals surface area contributed by atoms with Crippen molar-refractivity contribution in [2.75, 3.05) is 39.6 Å². The second kappa shape index (κ2) is 29.0. The summed E-state index contributed by atoms with van der Waals surface area (Å²) in [6, 6.07) is 0. The zero-order valence-corrected chi connectivity index (χ0v) is 38.0. The SMILES string of the molecule is CCCCCC=CCC=CCCCCCCCCOCC(CC1C=CC=C1)OCCOCCO[C@H]1CCC2C(=CCC3C2CCC2C3CC[C@@H]2CCCCC(C)C)C1. The molecule has 4 heteroatoms. The first-order valence-corrected chi connectivity index (χ1v) is 25.3. The molecule has 0 aromatic carbocycles. The van der Waals surface area contributed by atoms with Crippen molar-refractivity contribution in [1.82, 2.24) is 0 Å². The van der Waals surface area contributed by atoms with Crippen molar-refractivity contribution in [3.8, 4) is 0 Å². The van der Waals surface area contributed by atoms with E-state index in [2.05, 4.69) is 75.5 Å². The van der Waals surface area contributed by atoms with E-state index < -0.39 is 0 Å². The maximum atomic E-state index is 6.43. The summed E-state index contributed by atoms with van der Waals surface area (Å²) < 4.78 is 24.9. The Morgan fingerprint density at radius 2 is 1.40 bits per heavy atom. The van der Waals surface area contributed by atoms with Crippen LogP contribution in [-0.4, -0.2) is 51.8 Å². The van der Waals surface area contributed by atoms with E-state index in [0.717, 1.165) is 73.7 Å². The fourth-order valence-electron chi connectivity index (χ4n) is 11.6. The molecule has 8 atom stereocenters. The largest absolute Gasteiger partial charge is 0.379 e. The molecule has 3 fully saturated rings. The average molecular weight is 803 g/mol. The van der Waals surface area contributed by atoms with Crippen molar-refractivity contribution in [1.29, 1.82) is 0 Å². The van der Waals surface area contributed by atoms with Crippen LogP contribution in [-0.2, 0) is 18.9 Å². The molecule has 0 spiro atoms. The smallest absolute Gasteiger partial charge is 0.0818 e. The van der Waals surface area contributed by atoms with Gasteiger partial charge < -0.3 is 18.9 Å². The molecule has 0 N–H and O–H groups in total. The van der Waals surface area contributed by atoms with Crippen LogP contribution in [0.5, 0.6) is 0 Å². The van der Waals surface area contributed by atoms with Crippen molar-refractivity contribution < 1.29 is 18.9 Å². The Morgan fingerprint density at radius 3 is 2.21 bits per heavy atom. The molecule has 330 valence electrons. The first kappa shape index (κ1) is 47.6. The lowest BCUT2D eigenvalue weighted by Crippen LogP contribution is -2.42. The van der Waals surface area contributed by atoms with Crippen molar-refractivity contribution >= 4 is 0 Å². The molecule has 58 heavy (non-hydrogen) atoms. The molecule has 0 aliphatic heterocycles. The van der Waals surface area contributed by atoms with Crippen molar-refractivity contribution in [3.63, 3.8) is 0 Å². The highest BCUT2D eigenvalue weighted by molar-refractivity contribution is 5.19. The number of unbranched alkanes of at least 4 members (excludes halogenated alkanes) is 10. The summed E-state index contributed by atoms with van der Waals surface area (Å²) in [7, 11) is 0. The molecule has 5 rings (SSSR count). The predicted octanol–water partition coefficient (Wildman–Crippen LogP) is 14.8. The number of rotatable bonds is 32. The van der Waals surface area contributed by atoms with Crippen LogP contribution >= 0.6 is 0 Å². The van der Waals surface area contributed by atoms with Crippen molar-refractivity contribution in [2.24, 2.45) is 47.3 Å². The van der Waals surface area contributed by atoms with E-state index in [1.54, 1.807) is 5.57 Å². The van der Waals surface area contributed by atoms with Crippen molar-refractivity contribution in [2.45, 2.75) is 193 Å². The Balaban J connectivity index is 0.864. The van der Waals surface area contributed by atoms with Gasteiger partial charge >= 0.3 is 0 Å². The maximum absolute atomic E-state index is 6.43. The standard InChI is InChI=1S/C54H90O4/c1-4-5-6-7-8-9-10-11-12-13-14-15-16-17-18-23-36-56-43-49(41-45-25-20-21-26-45)58-40-38-55-37-39-57-48-30-33-51-47(42-48)29-32-54-52-31-28-46(27-22-19-24-44(2)3)50(52)34-35-53(51)54/h8-9,11-12,20-21,25-26,29,44-46,48-54H,4-7,10,13-19,22-24,27-28,30-43H2,1-3H3/t46-,48-,49?,50?,51?,52?,53?,54?/m0/s1. The molecule has 4 nitrogen and oxygen atoms in total. The molecule has 0 amide bonds. The molecule has 5 aliphatic rings. The van der Waals surface area contributed by atoms with Gasteiger partial charge in [-0.05, 0) is 144 Å². The Kier molecular flexibility index (Phi) is 23.8. The Hall–Kier alpha value is -1.46. The van der Waals surface area contributed by atoms with Gasteiger partial charge in [-0.1, -0.05) is 145 Å². The van der Waals surface area contributed by atoms with Crippen LogP contribution in [0.3, 0.4) is 0 Å². The Labute approximate surface area is 358 Å².